The molecule has 17 heavy (non-hydrogen) atoms. The third-order valence-corrected chi connectivity index (χ3v) is 3.45. The largest absolute Gasteiger partial charge is 0.378 e. The molecule has 0 radical (unpaired) electrons. The molecule has 1 heterocycles. The number of hydrogen-bond donors (Lipinski definition) is 1. The van der Waals surface area contributed by atoms with Gasteiger partial charge in [-0.05, 0) is 24.0 Å². The minimum atomic E-state index is 0.119. The van der Waals surface area contributed by atoms with Gasteiger partial charge >= 0.3 is 0 Å². The molecule has 0 saturated heterocycles. The van der Waals surface area contributed by atoms with E-state index in [2.05, 4.69) is 36.1 Å². The van der Waals surface area contributed by atoms with Crippen molar-refractivity contribution in [2.24, 2.45) is 11.7 Å². The zero-order valence-electron chi connectivity index (χ0n) is 10.7. The highest BCUT2D eigenvalue weighted by atomic mass is 16.5. The molecule has 3 heteroatoms. The summed E-state index contributed by atoms with van der Waals surface area (Å²) >= 11 is 0. The van der Waals surface area contributed by atoms with Gasteiger partial charge in [-0.2, -0.15) is 0 Å². The molecular weight excluding hydrogens is 212 g/mol. The molecule has 1 aliphatic heterocycles. The van der Waals surface area contributed by atoms with Gasteiger partial charge in [-0.25, -0.2) is 0 Å². The van der Waals surface area contributed by atoms with E-state index in [1.54, 1.807) is 7.11 Å². The Morgan fingerprint density at radius 2 is 2.24 bits per heavy atom. The van der Waals surface area contributed by atoms with Gasteiger partial charge in [0.05, 0.1) is 6.10 Å². The summed E-state index contributed by atoms with van der Waals surface area (Å²) in [6.45, 7) is 4.85. The van der Waals surface area contributed by atoms with Crippen molar-refractivity contribution in [1.29, 1.82) is 0 Å². The number of rotatable bonds is 4. The Balaban J connectivity index is 2.17. The summed E-state index contributed by atoms with van der Waals surface area (Å²) < 4.78 is 5.39. The summed E-state index contributed by atoms with van der Waals surface area (Å²) in [5, 5.41) is 0. The van der Waals surface area contributed by atoms with Crippen LogP contribution < -0.4 is 10.6 Å². The van der Waals surface area contributed by atoms with Crippen LogP contribution in [0.5, 0.6) is 0 Å². The highest BCUT2D eigenvalue weighted by Crippen LogP contribution is 2.29. The Bertz CT molecular complexity index is 363. The molecule has 3 nitrogen and oxygen atoms in total. The number of hydrogen-bond acceptors (Lipinski definition) is 3. The van der Waals surface area contributed by atoms with Gasteiger partial charge in [0.2, 0.25) is 0 Å². The molecule has 2 rings (SSSR count). The zero-order chi connectivity index (χ0) is 12.3. The number of nitrogens with two attached hydrogens (primary N) is 1. The fraction of sp³-hybridized carbons (Fsp3) is 0.571. The predicted molar refractivity (Wildman–Crippen MR) is 71.4 cm³/mol. The molecule has 0 fully saturated rings. The molecular formula is C14H22N2O. The Morgan fingerprint density at radius 1 is 1.47 bits per heavy atom. The number of para-hydroxylation sites is 1. The summed E-state index contributed by atoms with van der Waals surface area (Å²) in [5.41, 5.74) is 8.49. The maximum Gasteiger partial charge on any atom is 0.0867 e. The van der Waals surface area contributed by atoms with E-state index in [4.69, 9.17) is 10.5 Å². The molecule has 1 aromatic rings. The number of benzene rings is 1. The average molecular weight is 234 g/mol. The lowest BCUT2D eigenvalue weighted by Crippen LogP contribution is -2.42. The molecule has 2 N–H and O–H groups in total. The van der Waals surface area contributed by atoms with Crippen LogP contribution in [-0.4, -0.2) is 32.8 Å². The lowest BCUT2D eigenvalue weighted by Gasteiger charge is -2.36. The maximum absolute atomic E-state index is 5.70. The van der Waals surface area contributed by atoms with Gasteiger partial charge < -0.3 is 15.4 Å². The number of methoxy groups -OCH3 is 1. The van der Waals surface area contributed by atoms with E-state index in [1.807, 2.05) is 0 Å². The van der Waals surface area contributed by atoms with Crippen molar-refractivity contribution in [3.63, 3.8) is 0 Å². The fourth-order valence-electron chi connectivity index (χ4n) is 2.57. The van der Waals surface area contributed by atoms with Crippen LogP contribution in [0.3, 0.4) is 0 Å². The van der Waals surface area contributed by atoms with Crippen LogP contribution >= 0.6 is 0 Å². The smallest absolute Gasteiger partial charge is 0.0867 e. The predicted octanol–water partition coefficient (Wildman–Crippen LogP) is 1.66. The molecule has 1 aliphatic rings. The second-order valence-corrected chi connectivity index (χ2v) is 4.94. The van der Waals surface area contributed by atoms with Crippen molar-refractivity contribution >= 4 is 5.69 Å². The van der Waals surface area contributed by atoms with Crippen LogP contribution in [0.2, 0.25) is 0 Å². The summed E-state index contributed by atoms with van der Waals surface area (Å²) in [5.74, 6) is 0.695. The Labute approximate surface area is 104 Å². The van der Waals surface area contributed by atoms with Crippen molar-refractivity contribution in [3.8, 4) is 0 Å². The first-order valence-electron chi connectivity index (χ1n) is 6.30. The number of anilines is 1. The highest BCUT2D eigenvalue weighted by molar-refractivity contribution is 5.55. The van der Waals surface area contributed by atoms with Crippen LogP contribution in [0.25, 0.3) is 0 Å². The summed E-state index contributed by atoms with van der Waals surface area (Å²) in [4.78, 5) is 2.41. The van der Waals surface area contributed by atoms with Gasteiger partial charge in [0.15, 0.2) is 0 Å². The quantitative estimate of drug-likeness (QED) is 0.861. The Kier molecular flexibility index (Phi) is 4.02. The van der Waals surface area contributed by atoms with Gasteiger partial charge in [0.25, 0.3) is 0 Å². The molecule has 0 bridgehead atoms. The van der Waals surface area contributed by atoms with Crippen LogP contribution in [0, 0.1) is 5.92 Å². The molecule has 1 aromatic carbocycles. The van der Waals surface area contributed by atoms with Crippen LogP contribution in [-0.2, 0) is 11.2 Å². The monoisotopic (exact) mass is 234 g/mol. The van der Waals surface area contributed by atoms with Crippen molar-refractivity contribution < 1.29 is 4.74 Å². The normalized spacial score (nSPS) is 21.1. The summed E-state index contributed by atoms with van der Waals surface area (Å²) in [6, 6.07) is 8.64. The van der Waals surface area contributed by atoms with E-state index < -0.39 is 0 Å². The highest BCUT2D eigenvalue weighted by Gasteiger charge is 2.23. The molecule has 0 saturated carbocycles. The van der Waals surface area contributed by atoms with E-state index in [0.717, 1.165) is 13.1 Å². The first-order valence-corrected chi connectivity index (χ1v) is 6.30. The summed E-state index contributed by atoms with van der Waals surface area (Å²) in [7, 11) is 1.73. The first kappa shape index (κ1) is 12.4. The van der Waals surface area contributed by atoms with Gasteiger partial charge in [0, 0.05) is 32.4 Å². The number of ether oxygens (including phenoxy) is 1. The second-order valence-electron chi connectivity index (χ2n) is 4.94. The molecule has 0 amide bonds. The topological polar surface area (TPSA) is 38.5 Å². The van der Waals surface area contributed by atoms with E-state index in [-0.39, 0.29) is 6.10 Å². The van der Waals surface area contributed by atoms with Crippen molar-refractivity contribution in [2.45, 2.75) is 19.4 Å². The third-order valence-electron chi connectivity index (χ3n) is 3.45. The molecule has 0 aliphatic carbocycles. The number of nitrogens with zero attached hydrogens (tertiary/aromatic N) is 1. The van der Waals surface area contributed by atoms with Crippen LogP contribution in [0.1, 0.15) is 12.5 Å². The second kappa shape index (κ2) is 5.52. The van der Waals surface area contributed by atoms with Gasteiger partial charge in [0.1, 0.15) is 0 Å². The Hall–Kier alpha value is -1.06. The fourth-order valence-corrected chi connectivity index (χ4v) is 2.57. The SMILES string of the molecule is COC(CN)CN1CC(C)Cc2ccccc21. The van der Waals surface area contributed by atoms with Crippen molar-refractivity contribution in [1.82, 2.24) is 0 Å². The minimum absolute atomic E-state index is 0.119. The zero-order valence-corrected chi connectivity index (χ0v) is 10.7. The Morgan fingerprint density at radius 3 is 2.94 bits per heavy atom. The van der Waals surface area contributed by atoms with Crippen LogP contribution in [0.15, 0.2) is 24.3 Å². The number of fused-ring (bicyclic) bond motifs is 1. The minimum Gasteiger partial charge on any atom is -0.378 e. The average Bonchev–Trinajstić information content (AvgIpc) is 2.35. The van der Waals surface area contributed by atoms with Crippen molar-refractivity contribution in [3.05, 3.63) is 29.8 Å². The van der Waals surface area contributed by atoms with Crippen LogP contribution in [0.4, 0.5) is 5.69 Å². The van der Waals surface area contributed by atoms with E-state index in [9.17, 15) is 0 Å². The van der Waals surface area contributed by atoms with Crippen molar-refractivity contribution in [2.75, 3.05) is 31.6 Å². The maximum atomic E-state index is 5.70. The van der Waals surface area contributed by atoms with E-state index in [1.165, 1.54) is 17.7 Å². The third kappa shape index (κ3) is 2.79. The van der Waals surface area contributed by atoms with Gasteiger partial charge in [-0.15, -0.1) is 0 Å². The molecule has 2 atom stereocenters. The lowest BCUT2D eigenvalue weighted by atomic mass is 9.93. The molecule has 0 spiro atoms. The summed E-state index contributed by atoms with van der Waals surface area (Å²) in [6.07, 6.45) is 1.29. The van der Waals surface area contributed by atoms with E-state index in [0.29, 0.717) is 12.5 Å². The molecule has 2 unspecified atom stereocenters. The van der Waals surface area contributed by atoms with Gasteiger partial charge in [-0.3, -0.25) is 0 Å². The molecule has 94 valence electrons. The first-order chi connectivity index (χ1) is 8.24. The van der Waals surface area contributed by atoms with E-state index >= 15 is 0 Å². The lowest BCUT2D eigenvalue weighted by molar-refractivity contribution is 0.113. The van der Waals surface area contributed by atoms with Gasteiger partial charge in [-0.1, -0.05) is 25.1 Å². The standard InChI is InChI=1S/C14H22N2O/c1-11-7-12-5-3-4-6-14(12)16(9-11)10-13(8-15)17-2/h3-6,11,13H,7-10,15H2,1-2H3. The molecule has 0 aromatic heterocycles.